The van der Waals surface area contributed by atoms with Crippen LogP contribution in [0.4, 0.5) is 0 Å². The minimum absolute atomic E-state index is 0.0437. The number of rotatable bonds is 3. The average molecular weight is 560 g/mol. The van der Waals surface area contributed by atoms with Crippen molar-refractivity contribution in [3.8, 4) is 33.4 Å². The highest BCUT2D eigenvalue weighted by atomic mass is 16.3. The maximum Gasteiger partial charge on any atom is 0.143 e. The Labute approximate surface area is 267 Å². The van der Waals surface area contributed by atoms with Crippen LogP contribution in [0.1, 0.15) is 17.8 Å². The lowest BCUT2D eigenvalue weighted by Crippen LogP contribution is -1.90. The van der Waals surface area contributed by atoms with Gasteiger partial charge in [-0.05, 0) is 78.3 Å². The summed E-state index contributed by atoms with van der Waals surface area (Å²) in [7, 11) is 0. The second kappa shape index (κ2) is 9.44. The molecular weight excluding hydrogens is 520 g/mol. The highest BCUT2D eigenvalue weighted by Crippen LogP contribution is 2.45. The third-order valence-electron chi connectivity index (χ3n) is 7.97. The molecule has 1 heterocycles. The molecule has 0 bridgehead atoms. The van der Waals surface area contributed by atoms with E-state index in [9.17, 15) is 2.74 Å². The van der Waals surface area contributed by atoms with E-state index in [0.29, 0.717) is 16.7 Å². The van der Waals surface area contributed by atoms with Gasteiger partial charge in [-0.3, -0.25) is 0 Å². The monoisotopic (exact) mass is 559 g/mol. The second-order valence-corrected chi connectivity index (χ2v) is 10.3. The molecule has 8 aromatic carbocycles. The van der Waals surface area contributed by atoms with E-state index >= 15 is 0 Å². The molecule has 1 nitrogen and oxygen atoms in total. The molecule has 0 aliphatic rings. The van der Waals surface area contributed by atoms with E-state index in [1.807, 2.05) is 54.6 Å². The molecule has 200 valence electrons. The molecule has 9 aromatic rings. The molecule has 0 N–H and O–H groups in total. The first-order valence-corrected chi connectivity index (χ1v) is 13.7. The summed E-state index contributed by atoms with van der Waals surface area (Å²) in [6.07, 6.45) is 0. The first-order chi connectivity index (χ1) is 26.7. The molecule has 0 spiro atoms. The summed E-state index contributed by atoms with van der Waals surface area (Å²) in [5, 5.41) is 2.87. The predicted octanol–water partition coefficient (Wildman–Crippen LogP) is 12.0. The number of fused-ring (bicyclic) bond motifs is 6. The topological polar surface area (TPSA) is 13.1 Å². The third-order valence-corrected chi connectivity index (χ3v) is 7.97. The van der Waals surface area contributed by atoms with Crippen molar-refractivity contribution < 1.29 is 22.2 Å². The molecule has 9 rings (SSSR count). The number of furan rings is 1. The van der Waals surface area contributed by atoms with Crippen molar-refractivity contribution in [2.24, 2.45) is 0 Å². The van der Waals surface area contributed by atoms with E-state index in [0.717, 1.165) is 32.7 Å². The Morgan fingerprint density at radius 3 is 1.77 bits per heavy atom. The van der Waals surface area contributed by atoms with Crippen molar-refractivity contribution in [1.82, 2.24) is 0 Å². The van der Waals surface area contributed by atoms with Gasteiger partial charge in [0, 0.05) is 16.3 Å². The van der Waals surface area contributed by atoms with Gasteiger partial charge in [-0.2, -0.15) is 0 Å². The second-order valence-electron chi connectivity index (χ2n) is 10.3. The van der Waals surface area contributed by atoms with E-state index < -0.39 is 84.1 Å². The van der Waals surface area contributed by atoms with Crippen molar-refractivity contribution in [2.75, 3.05) is 0 Å². The maximum absolute atomic E-state index is 9.22. The average Bonchev–Trinajstić information content (AvgIpc) is 3.59. The van der Waals surface area contributed by atoms with Gasteiger partial charge in [0.15, 0.2) is 0 Å². The SMILES string of the molecule is [2H]c1c([2H])c([2H])c(-c2c3c([2H])c([2H])c([2H])c([2H])c3c(-c3ccc4c(c3)oc3c(-c5ccc6ccccc6c5)cccc34)c3c([2H])c([2H])c([2H])c([2H])c23)c([2H])c1[2H]. The van der Waals surface area contributed by atoms with Gasteiger partial charge in [0.25, 0.3) is 0 Å². The standard InChI is InChI=1S/C42H26O/c1-2-12-28(13-3-1)40-34-15-6-8-17-36(34)41(37-18-9-7-16-35(37)40)31-23-24-33-38-20-10-19-32(42(38)43-39(33)26-31)30-22-21-27-11-4-5-14-29(27)25-30/h1-26H/i1D,2D,3D,6D,7D,8D,9D,12D,13D,15D,16D,17D,18D. The molecular formula is C42H26O. The van der Waals surface area contributed by atoms with E-state index in [4.69, 9.17) is 19.5 Å². The first kappa shape index (κ1) is 14.5. The summed E-state index contributed by atoms with van der Waals surface area (Å²) in [4.78, 5) is 0. The quantitative estimate of drug-likeness (QED) is 0.196. The van der Waals surface area contributed by atoms with Crippen LogP contribution in [0.3, 0.4) is 0 Å². The molecule has 0 aliphatic carbocycles. The van der Waals surface area contributed by atoms with Crippen LogP contribution < -0.4 is 0 Å². The Morgan fingerprint density at radius 2 is 1.05 bits per heavy atom. The van der Waals surface area contributed by atoms with Crippen LogP contribution >= 0.6 is 0 Å². The lowest BCUT2D eigenvalue weighted by Gasteiger charge is -2.17. The zero-order valence-electron chi connectivity index (χ0n) is 35.4. The van der Waals surface area contributed by atoms with Crippen LogP contribution in [0.25, 0.3) is 87.6 Å². The van der Waals surface area contributed by atoms with Crippen LogP contribution in [-0.4, -0.2) is 0 Å². The van der Waals surface area contributed by atoms with Gasteiger partial charge in [-0.1, -0.05) is 139 Å². The maximum atomic E-state index is 9.22. The molecule has 0 saturated heterocycles. The summed E-state index contributed by atoms with van der Waals surface area (Å²) in [5.41, 5.74) is 2.35. The van der Waals surface area contributed by atoms with Gasteiger partial charge >= 0.3 is 0 Å². The van der Waals surface area contributed by atoms with Crippen LogP contribution in [0, 0.1) is 0 Å². The Morgan fingerprint density at radius 1 is 0.419 bits per heavy atom. The van der Waals surface area contributed by atoms with E-state index in [2.05, 4.69) is 6.07 Å². The molecule has 0 saturated carbocycles. The van der Waals surface area contributed by atoms with Gasteiger partial charge in [0.1, 0.15) is 11.2 Å². The lowest BCUT2D eigenvalue weighted by atomic mass is 9.86. The lowest BCUT2D eigenvalue weighted by molar-refractivity contribution is 0.670. The Hall–Kier alpha value is -5.66. The molecule has 0 aliphatic heterocycles. The first-order valence-electron chi connectivity index (χ1n) is 20.2. The van der Waals surface area contributed by atoms with Crippen molar-refractivity contribution >= 4 is 54.3 Å². The number of hydrogen-bond donors (Lipinski definition) is 0. The van der Waals surface area contributed by atoms with E-state index in [-0.39, 0.29) is 32.7 Å². The zero-order valence-corrected chi connectivity index (χ0v) is 22.4. The van der Waals surface area contributed by atoms with Crippen LogP contribution in [0.15, 0.2) is 162 Å². The van der Waals surface area contributed by atoms with E-state index in [1.54, 1.807) is 18.2 Å². The molecule has 0 fully saturated rings. The fraction of sp³-hybridized carbons (Fsp3) is 0. The molecule has 1 aromatic heterocycles. The van der Waals surface area contributed by atoms with Gasteiger partial charge in [-0.15, -0.1) is 0 Å². The Balaban J connectivity index is 1.45. The fourth-order valence-electron chi connectivity index (χ4n) is 6.08. The van der Waals surface area contributed by atoms with E-state index in [1.165, 1.54) is 0 Å². The van der Waals surface area contributed by atoms with Gasteiger partial charge in [-0.25, -0.2) is 0 Å². The Bertz CT molecular complexity index is 3130. The normalized spacial score (nSPS) is 16.0. The summed E-state index contributed by atoms with van der Waals surface area (Å²) >= 11 is 0. The van der Waals surface area contributed by atoms with Crippen molar-refractivity contribution in [3.63, 3.8) is 0 Å². The highest BCUT2D eigenvalue weighted by molar-refractivity contribution is 6.22. The third kappa shape index (κ3) is 3.72. The minimum atomic E-state index is -0.716. The predicted molar refractivity (Wildman–Crippen MR) is 183 cm³/mol. The molecule has 43 heavy (non-hydrogen) atoms. The van der Waals surface area contributed by atoms with Crippen LogP contribution in [0.2, 0.25) is 0 Å². The minimum Gasteiger partial charge on any atom is -0.455 e. The van der Waals surface area contributed by atoms with Crippen LogP contribution in [-0.2, 0) is 0 Å². The van der Waals surface area contributed by atoms with Gasteiger partial charge in [0.2, 0.25) is 0 Å². The zero-order chi connectivity index (χ0) is 39.6. The van der Waals surface area contributed by atoms with Crippen molar-refractivity contribution in [2.45, 2.75) is 0 Å². The van der Waals surface area contributed by atoms with Gasteiger partial charge < -0.3 is 4.42 Å². The highest BCUT2D eigenvalue weighted by Gasteiger charge is 2.18. The summed E-state index contributed by atoms with van der Waals surface area (Å²) in [5.74, 6) is 0. The number of para-hydroxylation sites is 1. The summed E-state index contributed by atoms with van der Waals surface area (Å²) in [6.45, 7) is 0. The Kier molecular flexibility index (Phi) is 3.18. The molecule has 0 amide bonds. The van der Waals surface area contributed by atoms with Crippen molar-refractivity contribution in [3.05, 3.63) is 157 Å². The number of benzene rings is 8. The van der Waals surface area contributed by atoms with Crippen LogP contribution in [0.5, 0.6) is 0 Å². The largest absolute Gasteiger partial charge is 0.455 e. The summed E-state index contributed by atoms with van der Waals surface area (Å²) < 4.78 is 121. The summed E-state index contributed by atoms with van der Waals surface area (Å²) in [6, 6.07) is 16.7. The molecule has 1 heteroatoms. The molecule has 0 radical (unpaired) electrons. The molecule has 0 unspecified atom stereocenters. The molecule has 0 atom stereocenters. The smallest absolute Gasteiger partial charge is 0.143 e. The van der Waals surface area contributed by atoms with Gasteiger partial charge in [0.05, 0.1) is 17.8 Å². The fourth-order valence-corrected chi connectivity index (χ4v) is 6.08. The number of hydrogen-bond acceptors (Lipinski definition) is 1. The van der Waals surface area contributed by atoms with Crippen molar-refractivity contribution in [1.29, 1.82) is 0 Å².